The minimum atomic E-state index is -1.27. The molecule has 0 saturated carbocycles. The molecule has 1 atom stereocenters. The first kappa shape index (κ1) is 16.5. The summed E-state index contributed by atoms with van der Waals surface area (Å²) in [6, 6.07) is 0. The zero-order valence-corrected chi connectivity index (χ0v) is 15.9. The second-order valence-electron chi connectivity index (χ2n) is 5.92. The summed E-state index contributed by atoms with van der Waals surface area (Å²) in [5.74, 6) is 0. The molecule has 1 unspecified atom stereocenters. The molecule has 1 aliphatic rings. The van der Waals surface area contributed by atoms with Gasteiger partial charge in [-0.2, -0.15) is 0 Å². The van der Waals surface area contributed by atoms with Gasteiger partial charge in [-0.1, -0.05) is 0 Å². The van der Waals surface area contributed by atoms with E-state index in [1.54, 1.807) is 5.57 Å². The molecule has 0 aliphatic heterocycles. The molecule has 0 aromatic heterocycles. The normalized spacial score (nSPS) is 22.9. The Balaban J connectivity index is 3.17. The van der Waals surface area contributed by atoms with Gasteiger partial charge in [0.05, 0.1) is 0 Å². The second kappa shape index (κ2) is 7.90. The predicted molar refractivity (Wildman–Crippen MR) is 87.8 cm³/mol. The van der Waals surface area contributed by atoms with Crippen LogP contribution in [0.3, 0.4) is 0 Å². The monoisotopic (exact) mass is 318 g/mol. The molecule has 0 bridgehead atoms. The molecule has 0 saturated heterocycles. The van der Waals surface area contributed by atoms with E-state index in [0.717, 1.165) is 10.9 Å². The van der Waals surface area contributed by atoms with Gasteiger partial charge < -0.3 is 0 Å². The third-order valence-electron chi connectivity index (χ3n) is 3.77. The zero-order chi connectivity index (χ0) is 14.4. The van der Waals surface area contributed by atoms with Crippen molar-refractivity contribution in [3.05, 3.63) is 35.7 Å². The van der Waals surface area contributed by atoms with Crippen LogP contribution in [0.15, 0.2) is 35.7 Å². The van der Waals surface area contributed by atoms with Crippen molar-refractivity contribution in [2.75, 3.05) is 28.2 Å². The molecule has 0 fully saturated rings. The fourth-order valence-electron chi connectivity index (χ4n) is 3.00. The van der Waals surface area contributed by atoms with Gasteiger partial charge in [-0.3, -0.25) is 0 Å². The number of hydrogen-bond donors (Lipinski definition) is 0. The Kier molecular flexibility index (Phi) is 6.87. The molecular formula is C16H29GaN2. The first-order chi connectivity index (χ1) is 8.99. The quantitative estimate of drug-likeness (QED) is 0.712. The maximum atomic E-state index is 2.40. The number of allylic oxidation sites excluding steroid dienone is 4. The van der Waals surface area contributed by atoms with Gasteiger partial charge in [0.2, 0.25) is 0 Å². The summed E-state index contributed by atoms with van der Waals surface area (Å²) in [4.78, 5) is 7.25. The topological polar surface area (TPSA) is 6.48 Å². The Morgan fingerprint density at radius 3 is 2.16 bits per heavy atom. The molecule has 0 amide bonds. The Bertz CT molecular complexity index is 363. The van der Waals surface area contributed by atoms with Crippen LogP contribution in [0.4, 0.5) is 0 Å². The summed E-state index contributed by atoms with van der Waals surface area (Å²) < 4.78 is 0.761. The first-order valence-corrected chi connectivity index (χ1v) is 12.2. The zero-order valence-electron chi connectivity index (χ0n) is 13.5. The summed E-state index contributed by atoms with van der Waals surface area (Å²) in [5.41, 5.74) is 3.17. The molecule has 0 N–H and O–H groups in total. The van der Waals surface area contributed by atoms with Crippen LogP contribution in [0.25, 0.3) is 0 Å². The van der Waals surface area contributed by atoms with E-state index >= 15 is 0 Å². The van der Waals surface area contributed by atoms with E-state index in [9.17, 15) is 0 Å². The van der Waals surface area contributed by atoms with Gasteiger partial charge >= 0.3 is 125 Å². The van der Waals surface area contributed by atoms with Crippen molar-refractivity contribution in [2.45, 2.75) is 34.7 Å². The van der Waals surface area contributed by atoms with Crippen LogP contribution in [0.1, 0.15) is 20.3 Å². The number of nitrogens with zero attached hydrogens (tertiary/aromatic N) is 2. The van der Waals surface area contributed by atoms with E-state index < -0.39 is 16.2 Å². The molecule has 3 heteroatoms. The van der Waals surface area contributed by atoms with E-state index in [2.05, 4.69) is 76.4 Å². The van der Waals surface area contributed by atoms with Crippen molar-refractivity contribution in [1.82, 2.24) is 9.80 Å². The Hall–Kier alpha value is -0.544. The van der Waals surface area contributed by atoms with Crippen LogP contribution in [-0.4, -0.2) is 54.2 Å². The molecule has 19 heavy (non-hydrogen) atoms. The maximum absolute atomic E-state index is 2.40. The van der Waals surface area contributed by atoms with Crippen molar-refractivity contribution in [2.24, 2.45) is 0 Å². The van der Waals surface area contributed by atoms with Crippen LogP contribution in [0, 0.1) is 0 Å². The van der Waals surface area contributed by atoms with Crippen LogP contribution >= 0.6 is 0 Å². The SMILES string of the molecule is C[CH2][Ga]([CH2]C)[CH]1C(=CN(C)C)C=CCC1=CN(C)C. The molecule has 0 spiro atoms. The van der Waals surface area contributed by atoms with Gasteiger partial charge in [-0.25, -0.2) is 0 Å². The summed E-state index contributed by atoms with van der Waals surface area (Å²) >= 11 is -1.27. The third kappa shape index (κ3) is 4.81. The predicted octanol–water partition coefficient (Wildman–Crippen LogP) is 3.74. The molecule has 106 valence electrons. The Morgan fingerprint density at radius 1 is 1.11 bits per heavy atom. The van der Waals surface area contributed by atoms with Gasteiger partial charge in [-0.05, 0) is 0 Å². The fourth-order valence-corrected chi connectivity index (χ4v) is 9.48. The van der Waals surface area contributed by atoms with E-state index in [1.807, 2.05) is 0 Å². The molecule has 0 aromatic carbocycles. The van der Waals surface area contributed by atoms with Crippen LogP contribution in [0.2, 0.25) is 14.4 Å². The molecule has 0 radical (unpaired) electrons. The van der Waals surface area contributed by atoms with Gasteiger partial charge in [0, 0.05) is 0 Å². The summed E-state index contributed by atoms with van der Waals surface area (Å²) in [6.07, 6.45) is 10.5. The van der Waals surface area contributed by atoms with Crippen LogP contribution in [-0.2, 0) is 0 Å². The van der Waals surface area contributed by atoms with Gasteiger partial charge in [-0.15, -0.1) is 0 Å². The summed E-state index contributed by atoms with van der Waals surface area (Å²) in [6.45, 7) is 4.79. The molecule has 0 heterocycles. The first-order valence-electron chi connectivity index (χ1n) is 7.41. The summed E-state index contributed by atoms with van der Waals surface area (Å²) in [5, 5.41) is 0. The van der Waals surface area contributed by atoms with Crippen molar-refractivity contribution in [1.29, 1.82) is 0 Å². The Labute approximate surface area is 124 Å². The van der Waals surface area contributed by atoms with Crippen molar-refractivity contribution in [3.8, 4) is 0 Å². The van der Waals surface area contributed by atoms with E-state index in [1.165, 1.54) is 15.5 Å². The molecular weight excluding hydrogens is 290 g/mol. The van der Waals surface area contributed by atoms with E-state index in [0.29, 0.717) is 0 Å². The number of rotatable bonds is 5. The van der Waals surface area contributed by atoms with Crippen LogP contribution < -0.4 is 0 Å². The average Bonchev–Trinajstić information content (AvgIpc) is 2.32. The van der Waals surface area contributed by atoms with Gasteiger partial charge in [0.1, 0.15) is 0 Å². The third-order valence-corrected chi connectivity index (χ3v) is 11.9. The average molecular weight is 319 g/mol. The van der Waals surface area contributed by atoms with Gasteiger partial charge in [0.15, 0.2) is 0 Å². The number of hydrogen-bond acceptors (Lipinski definition) is 2. The molecule has 1 aliphatic carbocycles. The second-order valence-corrected chi connectivity index (χ2v) is 13.9. The van der Waals surface area contributed by atoms with E-state index in [-0.39, 0.29) is 0 Å². The van der Waals surface area contributed by atoms with Crippen LogP contribution in [0.5, 0.6) is 0 Å². The van der Waals surface area contributed by atoms with Crippen molar-refractivity contribution in [3.63, 3.8) is 0 Å². The molecule has 0 aromatic rings. The van der Waals surface area contributed by atoms with Gasteiger partial charge in [0.25, 0.3) is 0 Å². The molecule has 2 nitrogen and oxygen atoms in total. The Morgan fingerprint density at radius 2 is 1.68 bits per heavy atom. The fraction of sp³-hybridized carbons (Fsp3) is 0.625. The molecule has 1 rings (SSSR count). The van der Waals surface area contributed by atoms with E-state index in [4.69, 9.17) is 0 Å². The van der Waals surface area contributed by atoms with Crippen molar-refractivity contribution < 1.29 is 0 Å². The standard InChI is InChI=1S/C12H19N2.2C2H5.Ga/c1-13(2)9-11-6-5-7-12(8-11)10-14(3)4;2*1-2;/h5-6,8-10H,7H2,1-4H3;2*1H2,2H3;. The summed E-state index contributed by atoms with van der Waals surface area (Å²) in [7, 11) is 8.53. The minimum absolute atomic E-state index is 0.761. The van der Waals surface area contributed by atoms with Crippen molar-refractivity contribution >= 4 is 16.2 Å².